The van der Waals surface area contributed by atoms with E-state index in [9.17, 15) is 25.9 Å². The molecule has 2 aliphatic heterocycles. The Bertz CT molecular complexity index is 2360. The highest BCUT2D eigenvalue weighted by Gasteiger charge is 2.45. The van der Waals surface area contributed by atoms with Crippen LogP contribution in [0.25, 0.3) is 5.57 Å². The Morgan fingerprint density at radius 2 is 1.63 bits per heavy atom. The highest BCUT2D eigenvalue weighted by atomic mass is 32.2. The average Bonchev–Trinajstić information content (AvgIpc) is 3.53. The molecule has 2 heterocycles. The number of allylic oxidation sites excluding steroid dienone is 6. The Morgan fingerprint density at radius 3 is 2.33 bits per heavy atom. The number of nitrogens with zero attached hydrogens (tertiary/aromatic N) is 2. The molecule has 3 aromatic rings. The van der Waals surface area contributed by atoms with Crippen LogP contribution in [0.15, 0.2) is 100 Å². The number of hydrogen-bond donors (Lipinski definition) is 4. The Kier molecular flexibility index (Phi) is 16.4. The standard InChI is InChI=1S/C42H52N2O12S4/c1-6-7-8-12-30-13-9-14-32(27-30)31(15-21-39-41(2,3)35-28-33(58-56-54-46)17-19-37(35)43(39)23-10-25-57-55-53-45)16-22-40-42(4,5)36-29-34(60(50,51)52)18-20-38(36)44(40)24-11-26-59(47,48)49/h9,13-22,27-29H,6-8,10-12,23-26H2,1-5H3,(H3-,45,46,47,48,49,50,51,52)/p+1. The third-order valence-electron chi connectivity index (χ3n) is 10.8. The molecule has 0 spiro atoms. The van der Waals surface area contributed by atoms with Gasteiger partial charge in [-0.15, -0.1) is 8.67 Å². The number of fused-ring (bicyclic) bond motifs is 2. The first-order valence-corrected chi connectivity index (χ1v) is 24.2. The zero-order chi connectivity index (χ0) is 43.7. The fraction of sp³-hybridized carbons (Fsp3) is 0.405. The third-order valence-corrected chi connectivity index (χ3v) is 13.7. The van der Waals surface area contributed by atoms with Crippen LogP contribution in [-0.2, 0) is 56.2 Å². The molecule has 0 unspecified atom stereocenters. The number of hydrogen-bond acceptors (Lipinski definition) is 13. The predicted octanol–water partition coefficient (Wildman–Crippen LogP) is 9.53. The molecule has 0 radical (unpaired) electrons. The highest BCUT2D eigenvalue weighted by Crippen LogP contribution is 2.49. The second kappa shape index (κ2) is 20.7. The van der Waals surface area contributed by atoms with Crippen molar-refractivity contribution in [2.45, 2.75) is 93.8 Å². The van der Waals surface area contributed by atoms with E-state index in [1.54, 1.807) is 6.07 Å². The number of aryl methyl sites for hydroxylation is 1. The average molecular weight is 906 g/mol. The predicted molar refractivity (Wildman–Crippen MR) is 234 cm³/mol. The fourth-order valence-corrected chi connectivity index (χ4v) is 9.63. The molecule has 0 fully saturated rings. The van der Waals surface area contributed by atoms with Gasteiger partial charge in [0.05, 0.1) is 28.1 Å². The summed E-state index contributed by atoms with van der Waals surface area (Å²) in [6, 6.07) is 18.6. The van der Waals surface area contributed by atoms with Crippen molar-refractivity contribution >= 4 is 67.0 Å². The van der Waals surface area contributed by atoms with Crippen LogP contribution in [0.4, 0.5) is 11.4 Å². The van der Waals surface area contributed by atoms with Crippen molar-refractivity contribution in [2.75, 3.05) is 29.5 Å². The van der Waals surface area contributed by atoms with Gasteiger partial charge in [-0.25, -0.2) is 10.5 Å². The van der Waals surface area contributed by atoms with Crippen LogP contribution in [0.2, 0.25) is 0 Å². The fourth-order valence-electron chi connectivity index (χ4n) is 7.87. The molecule has 14 nitrogen and oxygen atoms in total. The van der Waals surface area contributed by atoms with E-state index in [1.165, 1.54) is 17.7 Å². The summed E-state index contributed by atoms with van der Waals surface area (Å²) in [5, 5.41) is 25.0. The highest BCUT2D eigenvalue weighted by molar-refractivity contribution is 7.94. The zero-order valence-corrected chi connectivity index (χ0v) is 37.5. The first kappa shape index (κ1) is 47.7. The van der Waals surface area contributed by atoms with Crippen molar-refractivity contribution in [3.05, 3.63) is 113 Å². The van der Waals surface area contributed by atoms with Crippen LogP contribution in [0.3, 0.4) is 0 Å². The van der Waals surface area contributed by atoms with Gasteiger partial charge in [-0.1, -0.05) is 74.0 Å². The van der Waals surface area contributed by atoms with Crippen LogP contribution in [0, 0.1) is 0 Å². The molecule has 2 aliphatic rings. The van der Waals surface area contributed by atoms with E-state index >= 15 is 0 Å². The normalized spacial score (nSPS) is 17.0. The van der Waals surface area contributed by atoms with Gasteiger partial charge in [0.25, 0.3) is 20.2 Å². The maximum Gasteiger partial charge on any atom is 0.294 e. The molecule has 0 aromatic heterocycles. The summed E-state index contributed by atoms with van der Waals surface area (Å²) < 4.78 is 79.0. The van der Waals surface area contributed by atoms with E-state index < -0.39 is 36.8 Å². The Hall–Kier alpha value is -3.37. The summed E-state index contributed by atoms with van der Waals surface area (Å²) in [4.78, 5) is 2.41. The van der Waals surface area contributed by atoms with E-state index in [-0.39, 0.29) is 17.9 Å². The molecule has 3 aromatic carbocycles. The lowest BCUT2D eigenvalue weighted by atomic mass is 9.81. The number of unbranched alkanes of at least 4 members (excludes halogenated alkanes) is 2. The minimum absolute atomic E-state index is 0.100. The maximum absolute atomic E-state index is 12.2. The summed E-state index contributed by atoms with van der Waals surface area (Å²) in [5.41, 5.74) is 6.82. The van der Waals surface area contributed by atoms with Gasteiger partial charge in [-0.2, -0.15) is 21.4 Å². The molecule has 0 aliphatic carbocycles. The number of benzene rings is 3. The second-order valence-corrected chi connectivity index (χ2v) is 20.2. The van der Waals surface area contributed by atoms with Gasteiger partial charge in [0.2, 0.25) is 5.69 Å². The molecule has 0 bridgehead atoms. The van der Waals surface area contributed by atoms with Crippen molar-refractivity contribution in [1.29, 1.82) is 0 Å². The van der Waals surface area contributed by atoms with Crippen LogP contribution < -0.4 is 4.90 Å². The minimum atomic E-state index is -4.51. The van der Waals surface area contributed by atoms with Gasteiger partial charge >= 0.3 is 0 Å². The van der Waals surface area contributed by atoms with E-state index in [1.807, 2.05) is 55.2 Å². The molecule has 60 heavy (non-hydrogen) atoms. The van der Waals surface area contributed by atoms with E-state index in [0.717, 1.165) is 88.5 Å². The van der Waals surface area contributed by atoms with Crippen LogP contribution >= 0.6 is 24.1 Å². The summed E-state index contributed by atoms with van der Waals surface area (Å²) in [5.74, 6) is 0.0779. The van der Waals surface area contributed by atoms with Crippen LogP contribution in [0.1, 0.15) is 89.0 Å². The Morgan fingerprint density at radius 1 is 0.867 bits per heavy atom. The first-order valence-electron chi connectivity index (χ1n) is 19.5. The topological polar surface area (TPSA) is 192 Å². The molecule has 0 amide bonds. The Labute approximate surface area is 361 Å². The molecule has 5 rings (SSSR count). The molecule has 0 saturated heterocycles. The number of rotatable bonds is 22. The zero-order valence-electron chi connectivity index (χ0n) is 34.2. The van der Waals surface area contributed by atoms with E-state index in [0.29, 0.717) is 30.0 Å². The van der Waals surface area contributed by atoms with E-state index in [2.05, 4.69) is 70.1 Å². The first-order chi connectivity index (χ1) is 28.4. The SMILES string of the molecule is CCCCCc1cccc(C(=C\C=C2\N(CCCS(=O)(=O)O)c3ccc(S(=O)(=O)O)cc3C2(C)C)/C=C/C2=[N+](CCCSOOO)c3ccc(SOOO)cc3C2(C)C)c1. The lowest BCUT2D eigenvalue weighted by Gasteiger charge is -2.27. The lowest BCUT2D eigenvalue weighted by Crippen LogP contribution is -2.28. The molecular formula is C42H53N2O12S4+. The Balaban J connectivity index is 1.66. The molecular weight excluding hydrogens is 853 g/mol. The van der Waals surface area contributed by atoms with Crippen LogP contribution in [-0.4, -0.2) is 71.3 Å². The van der Waals surface area contributed by atoms with Gasteiger partial charge in [0.15, 0.2) is 5.71 Å². The van der Waals surface area contributed by atoms with Crippen molar-refractivity contribution in [3.63, 3.8) is 0 Å². The maximum atomic E-state index is 12.2. The largest absolute Gasteiger partial charge is 0.344 e. The molecule has 18 heteroatoms. The van der Waals surface area contributed by atoms with Gasteiger partial charge < -0.3 is 4.90 Å². The second-order valence-electron chi connectivity index (χ2n) is 15.6. The van der Waals surface area contributed by atoms with Crippen molar-refractivity contribution in [2.24, 2.45) is 0 Å². The molecule has 0 atom stereocenters. The monoisotopic (exact) mass is 905 g/mol. The smallest absolute Gasteiger partial charge is 0.294 e. The summed E-state index contributed by atoms with van der Waals surface area (Å²) >= 11 is 1.87. The van der Waals surface area contributed by atoms with Crippen molar-refractivity contribution in [3.8, 4) is 0 Å². The molecule has 0 saturated carbocycles. The molecule has 326 valence electrons. The quantitative estimate of drug-likeness (QED) is 0.0142. The lowest BCUT2D eigenvalue weighted by molar-refractivity contribution is -0.438. The van der Waals surface area contributed by atoms with E-state index in [4.69, 9.17) is 14.8 Å². The van der Waals surface area contributed by atoms with Crippen molar-refractivity contribution in [1.82, 2.24) is 0 Å². The van der Waals surface area contributed by atoms with Gasteiger partial charge in [0, 0.05) is 70.2 Å². The van der Waals surface area contributed by atoms with Gasteiger partial charge in [-0.3, -0.25) is 9.11 Å². The van der Waals surface area contributed by atoms with Crippen molar-refractivity contribution < 1.29 is 59.8 Å². The van der Waals surface area contributed by atoms with Gasteiger partial charge in [-0.05, 0) is 97.9 Å². The van der Waals surface area contributed by atoms with Crippen LogP contribution in [0.5, 0.6) is 0 Å². The summed E-state index contributed by atoms with van der Waals surface area (Å²) in [6.45, 7) is 11.1. The summed E-state index contributed by atoms with van der Waals surface area (Å²) in [7, 11) is -8.75. The number of anilines is 1. The molecule has 4 N–H and O–H groups in total. The minimum Gasteiger partial charge on any atom is -0.344 e. The van der Waals surface area contributed by atoms with Gasteiger partial charge in [0.1, 0.15) is 6.54 Å². The summed E-state index contributed by atoms with van der Waals surface area (Å²) in [6.07, 6.45) is 13.1. The third kappa shape index (κ3) is 11.8.